The van der Waals surface area contributed by atoms with Crippen molar-refractivity contribution in [3.05, 3.63) is 89.1 Å². The number of anilines is 1. The number of nitrogens with one attached hydrogen (secondary N) is 1. The van der Waals surface area contributed by atoms with Crippen molar-refractivity contribution in [2.75, 3.05) is 12.4 Å². The van der Waals surface area contributed by atoms with E-state index in [-0.39, 0.29) is 17.4 Å². The predicted molar refractivity (Wildman–Crippen MR) is 120 cm³/mol. The van der Waals surface area contributed by atoms with Crippen LogP contribution in [-0.4, -0.2) is 18.1 Å². The van der Waals surface area contributed by atoms with Crippen molar-refractivity contribution < 1.29 is 27.4 Å². The molecule has 3 rings (SSSR count). The SMILES string of the molecule is CC=Cc1ccc(C(C)Nc2ccc(Oc3ncccc3C(F)(F)F)cc2C(=O)OC)cc1. The lowest BCUT2D eigenvalue weighted by Crippen LogP contribution is -2.12. The molecule has 0 fully saturated rings. The first kappa shape index (κ1) is 23.8. The van der Waals surface area contributed by atoms with Gasteiger partial charge < -0.3 is 14.8 Å². The molecule has 5 nitrogen and oxygen atoms in total. The van der Waals surface area contributed by atoms with Gasteiger partial charge in [0.15, 0.2) is 0 Å². The third-order valence-electron chi connectivity index (χ3n) is 4.86. The highest BCUT2D eigenvalue weighted by Gasteiger charge is 2.35. The quantitative estimate of drug-likeness (QED) is 0.393. The molecule has 0 aliphatic rings. The lowest BCUT2D eigenvalue weighted by molar-refractivity contribution is -0.138. The summed E-state index contributed by atoms with van der Waals surface area (Å²) in [6.45, 7) is 3.87. The highest BCUT2D eigenvalue weighted by molar-refractivity contribution is 5.96. The third-order valence-corrected chi connectivity index (χ3v) is 4.86. The highest BCUT2D eigenvalue weighted by atomic mass is 19.4. The van der Waals surface area contributed by atoms with Crippen molar-refractivity contribution in [1.82, 2.24) is 4.98 Å². The molecule has 0 saturated heterocycles. The molecule has 1 N–H and O–H groups in total. The number of halogens is 3. The zero-order valence-corrected chi connectivity index (χ0v) is 18.3. The summed E-state index contributed by atoms with van der Waals surface area (Å²) in [5, 5.41) is 3.25. The Kier molecular flexibility index (Phi) is 7.37. The Balaban J connectivity index is 1.88. The number of carbonyl (C=O) groups is 1. The summed E-state index contributed by atoms with van der Waals surface area (Å²) >= 11 is 0. The third kappa shape index (κ3) is 5.91. The van der Waals surface area contributed by atoms with Gasteiger partial charge in [-0.2, -0.15) is 13.2 Å². The lowest BCUT2D eigenvalue weighted by atomic mass is 10.0. The van der Waals surface area contributed by atoms with Gasteiger partial charge in [0.05, 0.1) is 12.7 Å². The number of carbonyl (C=O) groups excluding carboxylic acids is 1. The number of methoxy groups -OCH3 is 1. The number of alkyl halides is 3. The molecular formula is C25H23F3N2O3. The van der Waals surface area contributed by atoms with E-state index >= 15 is 0 Å². The van der Waals surface area contributed by atoms with E-state index < -0.39 is 23.6 Å². The van der Waals surface area contributed by atoms with Gasteiger partial charge in [0.2, 0.25) is 5.88 Å². The summed E-state index contributed by atoms with van der Waals surface area (Å²) in [7, 11) is 1.23. The molecule has 8 heteroatoms. The number of esters is 1. The smallest absolute Gasteiger partial charge is 0.421 e. The number of hydrogen-bond donors (Lipinski definition) is 1. The second-order valence-corrected chi connectivity index (χ2v) is 7.19. The van der Waals surface area contributed by atoms with Crippen LogP contribution in [-0.2, 0) is 10.9 Å². The maximum Gasteiger partial charge on any atom is 0.421 e. The Morgan fingerprint density at radius 2 is 1.85 bits per heavy atom. The summed E-state index contributed by atoms with van der Waals surface area (Å²) < 4.78 is 50.0. The highest BCUT2D eigenvalue weighted by Crippen LogP contribution is 2.37. The topological polar surface area (TPSA) is 60.5 Å². The van der Waals surface area contributed by atoms with E-state index in [1.54, 1.807) is 6.07 Å². The molecule has 172 valence electrons. The van der Waals surface area contributed by atoms with Crippen LogP contribution >= 0.6 is 0 Å². The molecule has 0 amide bonds. The molecule has 0 bridgehead atoms. The lowest BCUT2D eigenvalue weighted by Gasteiger charge is -2.19. The summed E-state index contributed by atoms with van der Waals surface area (Å²) in [5.74, 6) is -1.24. The van der Waals surface area contributed by atoms with Crippen LogP contribution in [0.25, 0.3) is 6.08 Å². The van der Waals surface area contributed by atoms with Gasteiger partial charge in [0.25, 0.3) is 0 Å². The molecule has 33 heavy (non-hydrogen) atoms. The zero-order chi connectivity index (χ0) is 24.0. The number of allylic oxidation sites excluding steroid dienone is 1. The molecule has 0 aliphatic heterocycles. The molecule has 1 unspecified atom stereocenters. The van der Waals surface area contributed by atoms with E-state index in [1.807, 2.05) is 50.3 Å². The van der Waals surface area contributed by atoms with Crippen LogP contribution in [0.3, 0.4) is 0 Å². The molecule has 0 aliphatic carbocycles. The molecule has 0 radical (unpaired) electrons. The minimum Gasteiger partial charge on any atom is -0.465 e. The van der Waals surface area contributed by atoms with E-state index in [0.717, 1.165) is 17.2 Å². The summed E-state index contributed by atoms with van der Waals surface area (Å²) in [6, 6.07) is 14.2. The number of pyridine rings is 1. The second-order valence-electron chi connectivity index (χ2n) is 7.19. The average Bonchev–Trinajstić information content (AvgIpc) is 2.80. The molecule has 1 atom stereocenters. The number of benzene rings is 2. The van der Waals surface area contributed by atoms with Crippen LogP contribution in [0.4, 0.5) is 18.9 Å². The molecule has 0 saturated carbocycles. The number of nitrogens with zero attached hydrogens (tertiary/aromatic N) is 1. The van der Waals surface area contributed by atoms with Crippen molar-refractivity contribution in [1.29, 1.82) is 0 Å². The monoisotopic (exact) mass is 456 g/mol. The molecule has 3 aromatic rings. The van der Waals surface area contributed by atoms with Crippen LogP contribution in [0.2, 0.25) is 0 Å². The Bertz CT molecular complexity index is 1140. The van der Waals surface area contributed by atoms with Gasteiger partial charge in [-0.15, -0.1) is 0 Å². The Morgan fingerprint density at radius 1 is 1.12 bits per heavy atom. The first-order valence-corrected chi connectivity index (χ1v) is 10.1. The van der Waals surface area contributed by atoms with Gasteiger partial charge >= 0.3 is 12.1 Å². The van der Waals surface area contributed by atoms with Crippen LogP contribution in [0.5, 0.6) is 11.6 Å². The van der Waals surface area contributed by atoms with Crippen molar-refractivity contribution in [2.45, 2.75) is 26.1 Å². The Labute approximate surface area is 189 Å². The van der Waals surface area contributed by atoms with Crippen LogP contribution in [0.15, 0.2) is 66.9 Å². The van der Waals surface area contributed by atoms with E-state index in [2.05, 4.69) is 10.3 Å². The van der Waals surface area contributed by atoms with Gasteiger partial charge in [-0.3, -0.25) is 0 Å². The molecule has 1 aromatic heterocycles. The zero-order valence-electron chi connectivity index (χ0n) is 18.3. The van der Waals surface area contributed by atoms with Gasteiger partial charge in [-0.25, -0.2) is 9.78 Å². The minimum atomic E-state index is -4.63. The fourth-order valence-corrected chi connectivity index (χ4v) is 3.20. The molecule has 0 spiro atoms. The van der Waals surface area contributed by atoms with Crippen LogP contribution < -0.4 is 10.1 Å². The molecule has 2 aromatic carbocycles. The number of ether oxygens (including phenoxy) is 2. The van der Waals surface area contributed by atoms with Gasteiger partial charge in [-0.05, 0) is 55.3 Å². The maximum absolute atomic E-state index is 13.2. The van der Waals surface area contributed by atoms with Crippen LogP contribution in [0, 0.1) is 0 Å². The van der Waals surface area contributed by atoms with Gasteiger partial charge in [0, 0.05) is 17.9 Å². The summed E-state index contributed by atoms with van der Waals surface area (Å²) in [6.07, 6.45) is 0.506. The Hall–Kier alpha value is -3.81. The van der Waals surface area contributed by atoms with Crippen LogP contribution in [0.1, 0.15) is 46.9 Å². The predicted octanol–water partition coefficient (Wildman–Crippen LogP) is 6.89. The maximum atomic E-state index is 13.2. The van der Waals surface area contributed by atoms with E-state index in [4.69, 9.17) is 9.47 Å². The van der Waals surface area contributed by atoms with E-state index in [9.17, 15) is 18.0 Å². The van der Waals surface area contributed by atoms with E-state index in [1.165, 1.54) is 31.5 Å². The summed E-state index contributed by atoms with van der Waals surface area (Å²) in [4.78, 5) is 16.1. The largest absolute Gasteiger partial charge is 0.465 e. The second kappa shape index (κ2) is 10.2. The van der Waals surface area contributed by atoms with Gasteiger partial charge in [0.1, 0.15) is 11.3 Å². The standard InChI is InChI=1S/C25H23F3N2O3/c1-4-6-17-8-10-18(11-9-17)16(2)30-22-13-12-19(15-20(22)24(31)32-3)33-23-21(25(26,27)28)7-5-14-29-23/h4-16,30H,1-3H3. The minimum absolute atomic E-state index is 0.0218. The number of aromatic nitrogens is 1. The normalized spacial score (nSPS) is 12.4. The summed E-state index contributed by atoms with van der Waals surface area (Å²) in [5.41, 5.74) is 1.62. The van der Waals surface area contributed by atoms with Crippen molar-refractivity contribution in [3.8, 4) is 11.6 Å². The van der Waals surface area contributed by atoms with E-state index in [0.29, 0.717) is 5.69 Å². The molecular weight excluding hydrogens is 433 g/mol. The fraction of sp³-hybridized carbons (Fsp3) is 0.200. The average molecular weight is 456 g/mol. The van der Waals surface area contributed by atoms with Crippen molar-refractivity contribution in [2.24, 2.45) is 0 Å². The number of hydrogen-bond acceptors (Lipinski definition) is 5. The fourth-order valence-electron chi connectivity index (χ4n) is 3.20. The van der Waals surface area contributed by atoms with Gasteiger partial charge in [-0.1, -0.05) is 36.4 Å². The first-order chi connectivity index (χ1) is 15.7. The Morgan fingerprint density at radius 3 is 2.48 bits per heavy atom. The first-order valence-electron chi connectivity index (χ1n) is 10.1. The molecule has 1 heterocycles. The van der Waals surface area contributed by atoms with Crippen molar-refractivity contribution in [3.63, 3.8) is 0 Å². The van der Waals surface area contributed by atoms with Crippen molar-refractivity contribution >= 4 is 17.7 Å². The number of rotatable bonds is 7.